The van der Waals surface area contributed by atoms with Crippen LogP contribution in [0, 0.1) is 0 Å². The summed E-state index contributed by atoms with van der Waals surface area (Å²) in [5.41, 5.74) is 1.77. The van der Waals surface area contributed by atoms with E-state index in [-0.39, 0.29) is 11.2 Å². The number of likely N-dealkylation sites (N-methyl/N-ethyl adjacent to an activating group) is 1. The van der Waals surface area contributed by atoms with Crippen LogP contribution >= 0.6 is 11.8 Å². The molecule has 2 aliphatic heterocycles. The van der Waals surface area contributed by atoms with Gasteiger partial charge in [0.2, 0.25) is 0 Å². The predicted molar refractivity (Wildman–Crippen MR) is 135 cm³/mol. The first-order valence-electron chi connectivity index (χ1n) is 11.8. The van der Waals surface area contributed by atoms with Gasteiger partial charge in [-0.15, -0.1) is 11.8 Å². The van der Waals surface area contributed by atoms with Crippen LogP contribution in [-0.2, 0) is 9.53 Å². The van der Waals surface area contributed by atoms with Crippen molar-refractivity contribution in [3.05, 3.63) is 54.1 Å². The van der Waals surface area contributed by atoms with Gasteiger partial charge >= 0.3 is 6.09 Å². The van der Waals surface area contributed by atoms with Crippen LogP contribution in [-0.4, -0.2) is 75.3 Å². The molecule has 2 amide bonds. The Bertz CT molecular complexity index is 992. The van der Waals surface area contributed by atoms with E-state index in [2.05, 4.69) is 0 Å². The van der Waals surface area contributed by atoms with Crippen LogP contribution in [0.3, 0.4) is 0 Å². The molecule has 1 saturated heterocycles. The van der Waals surface area contributed by atoms with E-state index < -0.39 is 12.2 Å². The number of piperidine rings is 1. The lowest BCUT2D eigenvalue weighted by atomic mass is 10.1. The van der Waals surface area contributed by atoms with Crippen molar-refractivity contribution in [2.45, 2.75) is 35.5 Å². The molecule has 8 heteroatoms. The SMILES string of the molecule is COc1ccc([C@H]2Sc3ccccc3N(CCN(C)C)C(=O)[C@H]2OC(=O)N2CCCCC2)cc1. The lowest BCUT2D eigenvalue weighted by molar-refractivity contribution is -0.127. The van der Waals surface area contributed by atoms with E-state index >= 15 is 0 Å². The molecule has 4 rings (SSSR count). The van der Waals surface area contributed by atoms with Crippen LogP contribution in [0.5, 0.6) is 5.75 Å². The number of fused-ring (bicyclic) bond motifs is 1. The first kappa shape index (κ1) is 24.4. The number of hydrogen-bond donors (Lipinski definition) is 0. The summed E-state index contributed by atoms with van der Waals surface area (Å²) in [6.07, 6.45) is 1.69. The Balaban J connectivity index is 1.72. The standard InChI is InChI=1S/C26H33N3O4S/c1-27(2)17-18-29-21-9-5-6-10-22(21)34-24(19-11-13-20(32-3)14-12-19)23(25(29)30)33-26(31)28-15-7-4-8-16-28/h5-6,9-14,23-24H,4,7-8,15-18H2,1-3H3/t23-,24+/m0/s1. The summed E-state index contributed by atoms with van der Waals surface area (Å²) in [6.45, 7) is 2.55. The molecule has 2 aromatic rings. The Morgan fingerprint density at radius 2 is 1.76 bits per heavy atom. The summed E-state index contributed by atoms with van der Waals surface area (Å²) >= 11 is 1.57. The normalized spacial score (nSPS) is 20.6. The zero-order valence-electron chi connectivity index (χ0n) is 20.1. The lowest BCUT2D eigenvalue weighted by Crippen LogP contribution is -2.47. The van der Waals surface area contributed by atoms with Gasteiger partial charge in [0.15, 0.2) is 6.10 Å². The van der Waals surface area contributed by atoms with Crippen molar-refractivity contribution in [2.24, 2.45) is 0 Å². The number of thioether (sulfide) groups is 1. The Morgan fingerprint density at radius 1 is 1.06 bits per heavy atom. The maximum Gasteiger partial charge on any atom is 0.410 e. The number of anilines is 1. The minimum Gasteiger partial charge on any atom is -0.497 e. The van der Waals surface area contributed by atoms with E-state index in [0.717, 1.165) is 41.2 Å². The zero-order valence-corrected chi connectivity index (χ0v) is 20.9. The van der Waals surface area contributed by atoms with Crippen LogP contribution in [0.1, 0.15) is 30.1 Å². The van der Waals surface area contributed by atoms with Crippen molar-refractivity contribution in [2.75, 3.05) is 52.3 Å². The first-order valence-corrected chi connectivity index (χ1v) is 12.7. The molecule has 2 heterocycles. The number of methoxy groups -OCH3 is 1. The molecule has 0 unspecified atom stereocenters. The Labute approximate surface area is 206 Å². The third-order valence-corrected chi connectivity index (χ3v) is 7.62. The number of ether oxygens (including phenoxy) is 2. The van der Waals surface area contributed by atoms with E-state index in [1.54, 1.807) is 28.7 Å². The van der Waals surface area contributed by atoms with Crippen molar-refractivity contribution in [3.8, 4) is 5.75 Å². The maximum absolute atomic E-state index is 14.0. The van der Waals surface area contributed by atoms with Crippen molar-refractivity contribution in [3.63, 3.8) is 0 Å². The van der Waals surface area contributed by atoms with Gasteiger partial charge in [0, 0.05) is 31.1 Å². The summed E-state index contributed by atoms with van der Waals surface area (Å²) in [5, 5.41) is -0.377. The van der Waals surface area contributed by atoms with E-state index in [9.17, 15) is 9.59 Å². The average molecular weight is 484 g/mol. The predicted octanol–water partition coefficient (Wildman–Crippen LogP) is 4.43. The highest BCUT2D eigenvalue weighted by atomic mass is 32.2. The zero-order chi connectivity index (χ0) is 24.1. The van der Waals surface area contributed by atoms with Gasteiger partial charge in [-0.3, -0.25) is 4.79 Å². The Morgan fingerprint density at radius 3 is 2.44 bits per heavy atom. The smallest absolute Gasteiger partial charge is 0.410 e. The van der Waals surface area contributed by atoms with Crippen molar-refractivity contribution >= 4 is 29.4 Å². The number of carbonyl (C=O) groups excluding carboxylic acids is 2. The summed E-state index contributed by atoms with van der Waals surface area (Å²) < 4.78 is 11.4. The second kappa shape index (κ2) is 11.1. The van der Waals surface area contributed by atoms with Gasteiger partial charge in [0.1, 0.15) is 5.75 Å². The third-order valence-electron chi connectivity index (χ3n) is 6.25. The molecule has 0 aromatic heterocycles. The molecule has 1 fully saturated rings. The first-order chi connectivity index (χ1) is 16.5. The summed E-state index contributed by atoms with van der Waals surface area (Å²) in [5.74, 6) is 0.550. The summed E-state index contributed by atoms with van der Waals surface area (Å²) in [4.78, 5) is 33.7. The minimum atomic E-state index is -0.942. The van der Waals surface area contributed by atoms with Crippen LogP contribution < -0.4 is 9.64 Å². The van der Waals surface area contributed by atoms with Gasteiger partial charge in [-0.25, -0.2) is 4.79 Å². The number of amides is 2. The van der Waals surface area contributed by atoms with Crippen molar-refractivity contribution in [1.82, 2.24) is 9.80 Å². The molecule has 0 bridgehead atoms. The molecule has 0 N–H and O–H groups in total. The maximum atomic E-state index is 14.0. The van der Waals surface area contributed by atoms with Crippen LogP contribution in [0.25, 0.3) is 0 Å². The number of benzene rings is 2. The molecular formula is C26H33N3O4S. The van der Waals surface area contributed by atoms with Gasteiger partial charge in [-0.1, -0.05) is 24.3 Å². The number of para-hydroxylation sites is 1. The van der Waals surface area contributed by atoms with E-state index in [4.69, 9.17) is 9.47 Å². The highest BCUT2D eigenvalue weighted by Gasteiger charge is 2.42. The fourth-order valence-electron chi connectivity index (χ4n) is 4.32. The average Bonchev–Trinajstić information content (AvgIpc) is 2.98. The monoisotopic (exact) mass is 483 g/mol. The largest absolute Gasteiger partial charge is 0.497 e. The molecule has 182 valence electrons. The van der Waals surface area contributed by atoms with Crippen molar-refractivity contribution in [1.29, 1.82) is 0 Å². The Hall–Kier alpha value is -2.71. The topological polar surface area (TPSA) is 62.3 Å². The number of carbonyl (C=O) groups is 2. The van der Waals surface area contributed by atoms with Crippen LogP contribution in [0.4, 0.5) is 10.5 Å². The van der Waals surface area contributed by atoms with Gasteiger partial charge in [0.25, 0.3) is 5.91 Å². The molecular weight excluding hydrogens is 450 g/mol. The van der Waals surface area contributed by atoms with Gasteiger partial charge in [0.05, 0.1) is 18.0 Å². The molecule has 2 aliphatic rings. The second-order valence-electron chi connectivity index (χ2n) is 8.92. The molecule has 0 radical (unpaired) electrons. The molecule has 0 aliphatic carbocycles. The molecule has 2 aromatic carbocycles. The lowest BCUT2D eigenvalue weighted by Gasteiger charge is -2.32. The minimum absolute atomic E-state index is 0.189. The Kier molecular flexibility index (Phi) is 8.00. The van der Waals surface area contributed by atoms with Crippen LogP contribution in [0.15, 0.2) is 53.4 Å². The van der Waals surface area contributed by atoms with Crippen LogP contribution in [0.2, 0.25) is 0 Å². The number of nitrogens with zero attached hydrogens (tertiary/aromatic N) is 3. The number of likely N-dealkylation sites (tertiary alicyclic amines) is 1. The fraction of sp³-hybridized carbons (Fsp3) is 0.462. The molecule has 34 heavy (non-hydrogen) atoms. The molecule has 2 atom stereocenters. The molecule has 0 spiro atoms. The summed E-state index contributed by atoms with van der Waals surface area (Å²) in [6, 6.07) is 15.6. The number of hydrogen-bond acceptors (Lipinski definition) is 6. The third kappa shape index (κ3) is 5.50. The van der Waals surface area contributed by atoms with Gasteiger partial charge < -0.3 is 24.2 Å². The van der Waals surface area contributed by atoms with Gasteiger partial charge in [-0.05, 0) is 63.2 Å². The fourth-order valence-corrected chi connectivity index (χ4v) is 5.64. The van der Waals surface area contributed by atoms with Crippen molar-refractivity contribution < 1.29 is 19.1 Å². The molecule has 7 nitrogen and oxygen atoms in total. The quantitative estimate of drug-likeness (QED) is 0.606. The number of rotatable bonds is 6. The highest BCUT2D eigenvalue weighted by molar-refractivity contribution is 7.99. The van der Waals surface area contributed by atoms with Gasteiger partial charge in [-0.2, -0.15) is 0 Å². The van der Waals surface area contributed by atoms with E-state index in [1.165, 1.54) is 0 Å². The second-order valence-corrected chi connectivity index (χ2v) is 10.1. The highest BCUT2D eigenvalue weighted by Crippen LogP contribution is 2.47. The molecule has 0 saturated carbocycles. The summed E-state index contributed by atoms with van der Waals surface area (Å²) in [7, 11) is 5.59. The van der Waals surface area contributed by atoms with E-state index in [0.29, 0.717) is 26.2 Å². The van der Waals surface area contributed by atoms with E-state index in [1.807, 2.05) is 67.5 Å².